The van der Waals surface area contributed by atoms with E-state index < -0.39 is 17.1 Å². The molecule has 0 radical (unpaired) electrons. The van der Waals surface area contributed by atoms with Gasteiger partial charge in [-0.05, 0) is 51.3 Å². The Labute approximate surface area is 167 Å². The topological polar surface area (TPSA) is 82.5 Å². The van der Waals surface area contributed by atoms with Gasteiger partial charge >= 0.3 is 0 Å². The van der Waals surface area contributed by atoms with Crippen LogP contribution in [0.5, 0.6) is 0 Å². The Morgan fingerprint density at radius 2 is 2.26 bits per heavy atom. The first-order valence-corrected chi connectivity index (χ1v) is 9.38. The Morgan fingerprint density at radius 1 is 1.52 bits per heavy atom. The monoisotopic (exact) mass is 451 g/mol. The lowest BCUT2D eigenvalue weighted by Gasteiger charge is -2.17. The summed E-state index contributed by atoms with van der Waals surface area (Å²) in [4.78, 5) is 16.0. The minimum atomic E-state index is -2.41. The zero-order chi connectivity index (χ0) is 20.0. The van der Waals surface area contributed by atoms with Crippen molar-refractivity contribution < 1.29 is 17.9 Å². The second kappa shape index (κ2) is 9.41. The van der Waals surface area contributed by atoms with Crippen LogP contribution in [0.4, 0.5) is 10.1 Å². The van der Waals surface area contributed by atoms with Gasteiger partial charge in [-0.2, -0.15) is 0 Å². The van der Waals surface area contributed by atoms with Gasteiger partial charge in [-0.3, -0.25) is 13.7 Å². The third-order valence-corrected chi connectivity index (χ3v) is 4.59. The van der Waals surface area contributed by atoms with E-state index in [-0.39, 0.29) is 23.7 Å². The predicted octanol–water partition coefficient (Wildman–Crippen LogP) is 2.87. The summed E-state index contributed by atoms with van der Waals surface area (Å²) in [6.07, 6.45) is 9.90. The van der Waals surface area contributed by atoms with Crippen molar-refractivity contribution in [2.45, 2.75) is 6.54 Å². The number of halogens is 2. The summed E-state index contributed by atoms with van der Waals surface area (Å²) in [7, 11) is 1.25. The van der Waals surface area contributed by atoms with Crippen molar-refractivity contribution in [3.05, 3.63) is 63.6 Å². The Balaban J connectivity index is 2.08. The maximum Gasteiger partial charge on any atom is 0.261 e. The van der Waals surface area contributed by atoms with Crippen molar-refractivity contribution in [1.82, 2.24) is 10.3 Å². The van der Waals surface area contributed by atoms with Crippen LogP contribution in [0.3, 0.4) is 0 Å². The van der Waals surface area contributed by atoms with E-state index in [1.54, 1.807) is 24.4 Å². The molecule has 6 nitrogen and oxygen atoms in total. The lowest BCUT2D eigenvalue weighted by Crippen LogP contribution is -2.23. The zero-order valence-electron chi connectivity index (χ0n) is 14.1. The van der Waals surface area contributed by atoms with Gasteiger partial charge in [-0.25, -0.2) is 13.6 Å². The number of nitrogens with zero attached hydrogens (tertiary/aromatic N) is 2. The third-order valence-electron chi connectivity index (χ3n) is 3.47. The van der Waals surface area contributed by atoms with Gasteiger partial charge in [0.05, 0.1) is 5.56 Å². The molecule has 0 aliphatic heterocycles. The number of aromatic nitrogens is 1. The molecule has 2 rings (SSSR count). The molecule has 27 heavy (non-hydrogen) atoms. The van der Waals surface area contributed by atoms with Crippen molar-refractivity contribution >= 4 is 44.9 Å². The van der Waals surface area contributed by atoms with E-state index in [1.807, 2.05) is 0 Å². The SMILES string of the molecule is C#Cc1cc(CNC(=O)C=Cc2ccc(Br)nc2)cc(F)c1N(C)S(=O)O. The molecule has 1 unspecified atom stereocenters. The van der Waals surface area contributed by atoms with Crippen LogP contribution in [0.25, 0.3) is 6.08 Å². The zero-order valence-corrected chi connectivity index (χ0v) is 16.6. The molecule has 1 heterocycles. The summed E-state index contributed by atoms with van der Waals surface area (Å²) in [5, 5.41) is 2.62. The summed E-state index contributed by atoms with van der Waals surface area (Å²) < 4.78 is 36.1. The summed E-state index contributed by atoms with van der Waals surface area (Å²) in [6, 6.07) is 6.17. The molecule has 2 N–H and O–H groups in total. The van der Waals surface area contributed by atoms with E-state index in [0.717, 1.165) is 15.9 Å². The third kappa shape index (κ3) is 5.72. The quantitative estimate of drug-likeness (QED) is 0.306. The largest absolute Gasteiger partial charge is 0.348 e. The van der Waals surface area contributed by atoms with Crippen molar-refractivity contribution in [3.63, 3.8) is 0 Å². The molecule has 0 bridgehead atoms. The van der Waals surface area contributed by atoms with E-state index in [1.165, 1.54) is 19.2 Å². The maximum absolute atomic E-state index is 14.3. The lowest BCUT2D eigenvalue weighted by molar-refractivity contribution is -0.116. The lowest BCUT2D eigenvalue weighted by atomic mass is 10.1. The first-order valence-electron chi connectivity index (χ1n) is 7.53. The second-order valence-electron chi connectivity index (χ2n) is 5.31. The first kappa shape index (κ1) is 20.8. The molecule has 1 atom stereocenters. The molecule has 0 fully saturated rings. The fourth-order valence-corrected chi connectivity index (χ4v) is 2.75. The highest BCUT2D eigenvalue weighted by Crippen LogP contribution is 2.25. The van der Waals surface area contributed by atoms with E-state index in [9.17, 15) is 13.4 Å². The molecular weight excluding hydrogens is 437 g/mol. The second-order valence-corrected chi connectivity index (χ2v) is 7.13. The molecule has 0 aliphatic carbocycles. The predicted molar refractivity (Wildman–Crippen MR) is 106 cm³/mol. The van der Waals surface area contributed by atoms with Crippen LogP contribution < -0.4 is 9.62 Å². The number of carbonyl (C=O) groups is 1. The van der Waals surface area contributed by atoms with Crippen LogP contribution in [0, 0.1) is 18.2 Å². The minimum absolute atomic E-state index is 0.0412. The Hall–Kier alpha value is -2.54. The molecule has 0 aliphatic rings. The Morgan fingerprint density at radius 3 is 2.85 bits per heavy atom. The van der Waals surface area contributed by atoms with Gasteiger partial charge in [-0.1, -0.05) is 12.0 Å². The standard InChI is InChI=1S/C18H15BrFN3O3S/c1-3-14-8-13(9-15(20)18(14)23(2)27(25)26)11-22-17(24)7-5-12-4-6-16(19)21-10-12/h1,4-10H,11H2,2H3,(H,22,24)(H,25,26). The number of amides is 1. The van der Waals surface area contributed by atoms with Gasteiger partial charge in [0, 0.05) is 25.9 Å². The van der Waals surface area contributed by atoms with Crippen LogP contribution in [-0.2, 0) is 22.6 Å². The highest BCUT2D eigenvalue weighted by atomic mass is 79.9. The van der Waals surface area contributed by atoms with Crippen LogP contribution in [0.1, 0.15) is 16.7 Å². The van der Waals surface area contributed by atoms with E-state index in [2.05, 4.69) is 32.2 Å². The van der Waals surface area contributed by atoms with Gasteiger partial charge in [-0.15, -0.1) is 6.42 Å². The summed E-state index contributed by atoms with van der Waals surface area (Å²) in [5.74, 6) is 1.16. The number of benzene rings is 1. The van der Waals surface area contributed by atoms with Crippen molar-refractivity contribution in [3.8, 4) is 12.3 Å². The van der Waals surface area contributed by atoms with Crippen LogP contribution in [0.15, 0.2) is 41.1 Å². The molecule has 1 aromatic heterocycles. The van der Waals surface area contributed by atoms with Gasteiger partial charge in [0.15, 0.2) is 0 Å². The number of terminal acetylenes is 1. The number of rotatable bonds is 6. The molecule has 140 valence electrons. The molecule has 1 amide bonds. The molecule has 0 saturated heterocycles. The summed E-state index contributed by atoms with van der Waals surface area (Å²) in [5.41, 5.74) is 1.13. The van der Waals surface area contributed by atoms with Crippen molar-refractivity contribution in [2.24, 2.45) is 0 Å². The average Bonchev–Trinajstić information content (AvgIpc) is 2.64. The number of carbonyl (C=O) groups excluding carboxylic acids is 1. The molecular formula is C18H15BrFN3O3S. The first-order chi connectivity index (χ1) is 12.8. The normalized spacial score (nSPS) is 11.8. The maximum atomic E-state index is 14.3. The van der Waals surface area contributed by atoms with Gasteiger partial charge in [0.25, 0.3) is 11.3 Å². The number of hydrogen-bond donors (Lipinski definition) is 2. The van der Waals surface area contributed by atoms with E-state index in [0.29, 0.717) is 10.2 Å². The minimum Gasteiger partial charge on any atom is -0.348 e. The fraction of sp³-hybridized carbons (Fsp3) is 0.111. The molecule has 1 aromatic carbocycles. The van der Waals surface area contributed by atoms with Crippen molar-refractivity contribution in [2.75, 3.05) is 11.4 Å². The fourth-order valence-electron chi connectivity index (χ4n) is 2.17. The van der Waals surface area contributed by atoms with E-state index in [4.69, 9.17) is 11.0 Å². The van der Waals surface area contributed by atoms with Gasteiger partial charge < -0.3 is 5.32 Å². The molecule has 2 aromatic rings. The number of pyridine rings is 1. The highest BCUT2D eigenvalue weighted by Gasteiger charge is 2.17. The summed E-state index contributed by atoms with van der Waals surface area (Å²) in [6.45, 7) is 0.0412. The number of hydrogen-bond acceptors (Lipinski definition) is 3. The van der Waals surface area contributed by atoms with Crippen molar-refractivity contribution in [1.29, 1.82) is 0 Å². The van der Waals surface area contributed by atoms with Gasteiger partial charge in [0.1, 0.15) is 16.1 Å². The number of nitrogens with one attached hydrogen (secondary N) is 1. The average molecular weight is 452 g/mol. The number of anilines is 1. The Bertz CT molecular complexity index is 942. The van der Waals surface area contributed by atoms with E-state index >= 15 is 0 Å². The molecule has 9 heteroatoms. The summed E-state index contributed by atoms with van der Waals surface area (Å²) >= 11 is 0.810. The molecule has 0 spiro atoms. The smallest absolute Gasteiger partial charge is 0.261 e. The van der Waals surface area contributed by atoms with Crippen LogP contribution in [0.2, 0.25) is 0 Å². The van der Waals surface area contributed by atoms with Crippen LogP contribution >= 0.6 is 15.9 Å². The van der Waals surface area contributed by atoms with Gasteiger partial charge in [0.2, 0.25) is 5.91 Å². The Kier molecular flexibility index (Phi) is 7.24. The highest BCUT2D eigenvalue weighted by molar-refractivity contribution is 9.10. The van der Waals surface area contributed by atoms with Crippen LogP contribution in [-0.4, -0.2) is 26.7 Å². The molecule has 0 saturated carbocycles.